The van der Waals surface area contributed by atoms with Crippen LogP contribution in [0.15, 0.2) is 36.4 Å². The molecule has 4 aliphatic heterocycles. The Balaban J connectivity index is 0.000000271. The van der Waals surface area contributed by atoms with Crippen molar-refractivity contribution in [1.82, 2.24) is 24.9 Å². The predicted molar refractivity (Wildman–Crippen MR) is 226 cm³/mol. The second kappa shape index (κ2) is 21.9. The van der Waals surface area contributed by atoms with Gasteiger partial charge >= 0.3 is 35.5 Å². The van der Waals surface area contributed by atoms with E-state index in [4.69, 9.17) is 36.3 Å². The van der Waals surface area contributed by atoms with Crippen LogP contribution >= 0.6 is 24.0 Å². The lowest BCUT2D eigenvalue weighted by Gasteiger charge is -2.24. The first-order valence-corrected chi connectivity index (χ1v) is 20.5. The first-order chi connectivity index (χ1) is 28.5. The van der Waals surface area contributed by atoms with Crippen LogP contribution in [0, 0.1) is 23.5 Å². The highest BCUT2D eigenvalue weighted by molar-refractivity contribution is 6.62. The van der Waals surface area contributed by atoms with Gasteiger partial charge < -0.3 is 49.6 Å². The Kier molecular flexibility index (Phi) is 18.2. The summed E-state index contributed by atoms with van der Waals surface area (Å²) < 4.78 is 47.8. The third kappa shape index (κ3) is 14.0. The molecule has 20 heteroatoms. The molecule has 2 aromatic carbocycles. The zero-order valence-electron chi connectivity index (χ0n) is 36.3. The van der Waals surface area contributed by atoms with Gasteiger partial charge in [0, 0.05) is 56.4 Å². The maximum Gasteiger partial charge on any atom is 0.410 e. The molecule has 0 aromatic heterocycles. The molecule has 6 rings (SSSR count). The number of esters is 2. The summed E-state index contributed by atoms with van der Waals surface area (Å²) in [5, 5.41) is 2.29. The molecular weight excluding hydrogens is 857 g/mol. The number of hydrogen-bond acceptors (Lipinski definition) is 11. The summed E-state index contributed by atoms with van der Waals surface area (Å²) in [6.45, 7) is 16.5. The first kappa shape index (κ1) is 51.4. The maximum atomic E-state index is 14.0. The number of nitrogens with two attached hydrogens (primary N) is 1. The fourth-order valence-corrected chi connectivity index (χ4v) is 7.12. The monoisotopic (exact) mass is 914 g/mol. The second-order valence-corrected chi connectivity index (χ2v) is 17.3. The van der Waals surface area contributed by atoms with Crippen LogP contribution in [0.5, 0.6) is 0 Å². The lowest BCUT2D eigenvalue weighted by atomic mass is 10.0. The highest BCUT2D eigenvalue weighted by Crippen LogP contribution is 2.28. The lowest BCUT2D eigenvalue weighted by molar-refractivity contribution is -0.148. The third-order valence-corrected chi connectivity index (χ3v) is 10.1. The van der Waals surface area contributed by atoms with Crippen molar-refractivity contribution in [1.29, 1.82) is 0 Å². The van der Waals surface area contributed by atoms with Crippen LogP contribution in [0.1, 0.15) is 77.6 Å². The molecule has 2 aromatic rings. The van der Waals surface area contributed by atoms with Gasteiger partial charge in [-0.3, -0.25) is 14.4 Å². The summed E-state index contributed by atoms with van der Waals surface area (Å²) in [5.41, 5.74) is 7.30. The summed E-state index contributed by atoms with van der Waals surface area (Å²) >= 11 is 5.29. The number of hydrogen-bond donors (Lipinski definition) is 2. The number of benzene rings is 2. The summed E-state index contributed by atoms with van der Waals surface area (Å²) in [6, 6.07) is 8.15. The number of amides is 5. The lowest BCUT2D eigenvalue weighted by Crippen LogP contribution is -2.48. The minimum Gasteiger partial charge on any atom is -0.466 e. The van der Waals surface area contributed by atoms with Crippen LogP contribution in [0.4, 0.5) is 28.0 Å². The van der Waals surface area contributed by atoms with Gasteiger partial charge in [0.25, 0.3) is 0 Å². The summed E-state index contributed by atoms with van der Waals surface area (Å²) in [7, 11) is 0. The molecule has 0 bridgehead atoms. The van der Waals surface area contributed by atoms with Crippen molar-refractivity contribution in [2.75, 3.05) is 39.4 Å². The molecule has 2 fully saturated rings. The molecule has 0 aliphatic carbocycles. The van der Waals surface area contributed by atoms with Crippen LogP contribution in [-0.4, -0.2) is 118 Å². The molecule has 4 heterocycles. The normalized spacial score (nSPS) is 20.0. The van der Waals surface area contributed by atoms with Gasteiger partial charge in [-0.1, -0.05) is 24.3 Å². The van der Waals surface area contributed by atoms with Crippen molar-refractivity contribution in [2.45, 2.75) is 105 Å². The van der Waals surface area contributed by atoms with E-state index in [0.717, 1.165) is 11.1 Å². The molecule has 0 radical (unpaired) electrons. The molecular formula is C42H58Cl2F2N6O10. The van der Waals surface area contributed by atoms with E-state index in [0.29, 0.717) is 30.8 Å². The average molecular weight is 916 g/mol. The van der Waals surface area contributed by atoms with Crippen LogP contribution in [0.2, 0.25) is 0 Å². The summed E-state index contributed by atoms with van der Waals surface area (Å²) in [6.07, 6.45) is -0.992. The highest BCUT2D eigenvalue weighted by Gasteiger charge is 2.44. The minimum atomic E-state index is -0.705. The van der Waals surface area contributed by atoms with E-state index in [1.807, 2.05) is 0 Å². The van der Waals surface area contributed by atoms with Crippen molar-refractivity contribution in [2.24, 2.45) is 17.6 Å². The Morgan fingerprint density at radius 1 is 0.677 bits per heavy atom. The van der Waals surface area contributed by atoms with E-state index in [1.54, 1.807) is 79.7 Å². The van der Waals surface area contributed by atoms with E-state index in [2.05, 4.69) is 5.32 Å². The Morgan fingerprint density at radius 3 is 1.56 bits per heavy atom. The Hall–Kier alpha value is -4.94. The number of carbonyl (C=O) groups excluding carboxylic acids is 6. The predicted octanol–water partition coefficient (Wildman–Crippen LogP) is 6.32. The largest absolute Gasteiger partial charge is 0.466 e. The number of halogens is 4. The molecule has 5 amide bonds. The van der Waals surface area contributed by atoms with E-state index in [-0.39, 0.29) is 75.9 Å². The molecule has 16 nitrogen and oxygen atoms in total. The molecule has 4 aliphatic rings. The Labute approximate surface area is 372 Å². The van der Waals surface area contributed by atoms with Gasteiger partial charge in [0.05, 0.1) is 44.2 Å². The molecule has 2 saturated heterocycles. The second-order valence-electron chi connectivity index (χ2n) is 16.9. The van der Waals surface area contributed by atoms with E-state index in [9.17, 15) is 37.5 Å². The molecule has 62 heavy (non-hydrogen) atoms. The fraction of sp³-hybridized carbons (Fsp3) is 0.571. The molecule has 0 spiro atoms. The van der Waals surface area contributed by atoms with Crippen molar-refractivity contribution < 1.29 is 56.5 Å². The molecule has 4 atom stereocenters. The number of ether oxygens (including phenoxy) is 4. The molecule has 0 unspecified atom stereocenters. The smallest absolute Gasteiger partial charge is 0.410 e. The third-order valence-electron chi connectivity index (χ3n) is 9.86. The topological polar surface area (TPSA) is 190 Å². The zero-order valence-corrected chi connectivity index (χ0v) is 37.9. The van der Waals surface area contributed by atoms with Gasteiger partial charge in [0.2, 0.25) is 0 Å². The van der Waals surface area contributed by atoms with E-state index >= 15 is 0 Å². The SMILES string of the molecule is CCOC(=O)[C@H]1CN(C(=O)OC(C)(C)C)C[C@@H]1N.CCOC(=O)[C@H]1CN(C(=O)OC(C)(C)C)C[C@@H]1NC(=O)N1Cc2cccc(F)c2C1.Cl.O=C(Cl)N1Cc2cccc(F)c2C1. The van der Waals surface area contributed by atoms with Gasteiger partial charge in [0.1, 0.15) is 22.8 Å². The fourth-order valence-electron chi connectivity index (χ4n) is 7.00. The van der Waals surface area contributed by atoms with Crippen molar-refractivity contribution in [3.05, 3.63) is 70.3 Å². The van der Waals surface area contributed by atoms with E-state index in [1.165, 1.54) is 31.7 Å². The Bertz CT molecular complexity index is 1950. The Morgan fingerprint density at radius 2 is 1.11 bits per heavy atom. The number of fused-ring (bicyclic) bond motifs is 2. The quantitative estimate of drug-likeness (QED) is 0.148. The van der Waals surface area contributed by atoms with E-state index < -0.39 is 64.7 Å². The number of rotatable bonds is 5. The maximum absolute atomic E-state index is 14.0. The van der Waals surface area contributed by atoms with Crippen LogP contribution in [0.25, 0.3) is 0 Å². The minimum absolute atomic E-state index is 0. The van der Waals surface area contributed by atoms with Gasteiger partial charge in [-0.25, -0.2) is 23.2 Å². The summed E-state index contributed by atoms with van der Waals surface area (Å²) in [4.78, 5) is 77.7. The molecule has 0 saturated carbocycles. The number of likely N-dealkylation sites (tertiary alicyclic amines) is 2. The van der Waals surface area contributed by atoms with Gasteiger partial charge in [-0.2, -0.15) is 0 Å². The van der Waals surface area contributed by atoms with Crippen LogP contribution < -0.4 is 11.1 Å². The number of nitrogens with zero attached hydrogens (tertiary/aromatic N) is 4. The standard InChI is InChI=1S/C21H28FN3O5.C12H22N2O4.C9H7ClFNO.ClH/c1-5-29-18(26)15-11-25(20(28)30-21(2,3)4)12-17(15)23-19(27)24-9-13-7-6-8-16(22)14(13)10-24;1-5-17-10(15)8-6-14(7-9(8)13)11(16)18-12(2,3)4;10-9(13)12-4-6-2-1-3-8(11)7(6)5-12;/h6-8,15,17H,5,9-12H2,1-4H3,(H,23,27);8-9H,5-7,13H2,1-4H3;1-3H,4-5H2;1H/t15-,17-;8-,9-;;/m00../s1. The zero-order chi connectivity index (χ0) is 45.4. The van der Waals surface area contributed by atoms with Gasteiger partial charge in [0.15, 0.2) is 0 Å². The highest BCUT2D eigenvalue weighted by atomic mass is 35.5. The average Bonchev–Trinajstić information content (AvgIpc) is 3.96. The number of carbonyl (C=O) groups is 6. The van der Waals surface area contributed by atoms with Gasteiger partial charge in [-0.05, 0) is 90.3 Å². The molecule has 3 N–H and O–H groups in total. The van der Waals surface area contributed by atoms with Gasteiger partial charge in [-0.15, -0.1) is 12.4 Å². The van der Waals surface area contributed by atoms with Crippen molar-refractivity contribution in [3.63, 3.8) is 0 Å². The van der Waals surface area contributed by atoms with Crippen LogP contribution in [-0.2, 0) is 54.7 Å². The number of urea groups is 1. The van der Waals surface area contributed by atoms with Crippen molar-refractivity contribution in [3.8, 4) is 0 Å². The van der Waals surface area contributed by atoms with Crippen molar-refractivity contribution >= 4 is 59.5 Å². The molecule has 344 valence electrons. The number of nitrogens with one attached hydrogen (secondary N) is 1. The van der Waals surface area contributed by atoms with Crippen LogP contribution in [0.3, 0.4) is 0 Å². The first-order valence-electron chi connectivity index (χ1n) is 20.1. The summed E-state index contributed by atoms with van der Waals surface area (Å²) in [5.74, 6) is -2.61.